The number of phenolic OH excluding ortho intramolecular Hbond substituents is 1. The quantitative estimate of drug-likeness (QED) is 0.568. The van der Waals surface area contributed by atoms with Gasteiger partial charge in [0.15, 0.2) is 0 Å². The zero-order chi connectivity index (χ0) is 25.1. The minimum atomic E-state index is -1.39. The second-order valence-corrected chi connectivity index (χ2v) is 9.31. The SMILES string of the molecule is Cc1cc(CC(OC(=O)N2CCC(N3CCc4ccccc4NC3=O)CC2)C(=O)O)cc(Cl)c1O. The first-order chi connectivity index (χ1) is 16.7. The van der Waals surface area contributed by atoms with E-state index in [0.29, 0.717) is 43.6 Å². The number of piperidine rings is 1. The lowest BCUT2D eigenvalue weighted by molar-refractivity contribution is -0.147. The Morgan fingerprint density at radius 3 is 2.60 bits per heavy atom. The number of aliphatic carboxylic acids is 1. The minimum absolute atomic E-state index is 0.0225. The van der Waals surface area contributed by atoms with Crippen LogP contribution in [0.5, 0.6) is 5.75 Å². The highest BCUT2D eigenvalue weighted by molar-refractivity contribution is 6.32. The number of carbonyl (C=O) groups excluding carboxylic acids is 2. The van der Waals surface area contributed by atoms with Gasteiger partial charge in [-0.25, -0.2) is 14.4 Å². The molecule has 0 radical (unpaired) electrons. The van der Waals surface area contributed by atoms with Crippen LogP contribution in [0.2, 0.25) is 5.02 Å². The maximum atomic E-state index is 12.8. The molecule has 0 aromatic heterocycles. The van der Waals surface area contributed by atoms with Gasteiger partial charge >= 0.3 is 18.1 Å². The van der Waals surface area contributed by atoms with Crippen molar-refractivity contribution in [3.8, 4) is 5.75 Å². The number of carboxylic acid groups (broad SMARTS) is 1. The number of carbonyl (C=O) groups is 3. The summed E-state index contributed by atoms with van der Waals surface area (Å²) in [6.07, 6.45) is -0.280. The number of ether oxygens (including phenoxy) is 1. The van der Waals surface area contributed by atoms with Gasteiger partial charge in [-0.3, -0.25) is 0 Å². The predicted octanol–water partition coefficient (Wildman–Crippen LogP) is 4.04. The standard InChI is InChI=1S/C25H28ClN3O6/c1-15-12-16(13-19(26)22(15)30)14-21(23(31)32)35-25(34)28-9-7-18(8-10-28)29-11-6-17-4-2-3-5-20(17)27-24(29)33/h2-5,12-13,18,21,30H,6-11,14H2,1H3,(H,27,33)(H,31,32). The van der Waals surface area contributed by atoms with Gasteiger partial charge in [-0.15, -0.1) is 0 Å². The molecule has 0 bridgehead atoms. The predicted molar refractivity (Wildman–Crippen MR) is 130 cm³/mol. The number of nitrogens with zero attached hydrogens (tertiary/aromatic N) is 2. The lowest BCUT2D eigenvalue weighted by atomic mass is 10.0. The summed E-state index contributed by atoms with van der Waals surface area (Å²) in [6.45, 7) is 2.96. The number of hydrogen-bond donors (Lipinski definition) is 3. The number of urea groups is 1. The van der Waals surface area contributed by atoms with Crippen molar-refractivity contribution in [2.45, 2.75) is 44.8 Å². The molecule has 1 atom stereocenters. The van der Waals surface area contributed by atoms with Gasteiger partial charge in [-0.1, -0.05) is 35.9 Å². The number of benzene rings is 2. The fourth-order valence-corrected chi connectivity index (χ4v) is 4.90. The number of halogens is 1. The number of phenols is 1. The van der Waals surface area contributed by atoms with E-state index in [9.17, 15) is 24.6 Å². The molecule has 4 rings (SSSR count). The van der Waals surface area contributed by atoms with E-state index in [0.717, 1.165) is 17.7 Å². The largest absolute Gasteiger partial charge is 0.506 e. The van der Waals surface area contributed by atoms with E-state index in [1.165, 1.54) is 11.0 Å². The molecule has 35 heavy (non-hydrogen) atoms. The molecular formula is C25H28ClN3O6. The van der Waals surface area contributed by atoms with Crippen LogP contribution in [0.25, 0.3) is 0 Å². The molecule has 0 saturated carbocycles. The topological polar surface area (TPSA) is 119 Å². The first-order valence-corrected chi connectivity index (χ1v) is 11.9. The molecule has 9 nitrogen and oxygen atoms in total. The van der Waals surface area contributed by atoms with Gasteiger partial charge < -0.3 is 30.1 Å². The molecule has 0 spiro atoms. The van der Waals surface area contributed by atoms with E-state index >= 15 is 0 Å². The number of nitrogens with one attached hydrogen (secondary N) is 1. The van der Waals surface area contributed by atoms with Crippen LogP contribution in [0.15, 0.2) is 36.4 Å². The number of para-hydroxylation sites is 1. The Morgan fingerprint density at radius 2 is 1.91 bits per heavy atom. The number of aromatic hydroxyl groups is 1. The van der Waals surface area contributed by atoms with E-state index in [1.807, 2.05) is 29.2 Å². The Balaban J connectivity index is 1.33. The average Bonchev–Trinajstić information content (AvgIpc) is 3.00. The van der Waals surface area contributed by atoms with E-state index in [4.69, 9.17) is 16.3 Å². The number of anilines is 1. The highest BCUT2D eigenvalue weighted by atomic mass is 35.5. The van der Waals surface area contributed by atoms with Crippen LogP contribution >= 0.6 is 11.6 Å². The second kappa shape index (κ2) is 10.4. The van der Waals surface area contributed by atoms with Gasteiger partial charge in [0.1, 0.15) is 5.75 Å². The van der Waals surface area contributed by atoms with E-state index in [1.54, 1.807) is 13.0 Å². The highest BCUT2D eigenvalue weighted by Crippen LogP contribution is 2.29. The molecule has 0 aliphatic carbocycles. The summed E-state index contributed by atoms with van der Waals surface area (Å²) in [6, 6.07) is 10.6. The van der Waals surface area contributed by atoms with Crippen LogP contribution in [0, 0.1) is 6.92 Å². The molecule has 1 unspecified atom stereocenters. The fourth-order valence-electron chi connectivity index (χ4n) is 4.61. The van der Waals surface area contributed by atoms with Gasteiger partial charge in [0.25, 0.3) is 0 Å². The number of fused-ring (bicyclic) bond motifs is 1. The van der Waals surface area contributed by atoms with Crippen molar-refractivity contribution in [2.24, 2.45) is 0 Å². The maximum absolute atomic E-state index is 12.8. The van der Waals surface area contributed by atoms with Gasteiger partial charge in [-0.05, 0) is 55.0 Å². The number of amides is 3. The number of rotatable bonds is 5. The van der Waals surface area contributed by atoms with Crippen LogP contribution < -0.4 is 5.32 Å². The summed E-state index contributed by atoms with van der Waals surface area (Å²) in [5, 5.41) is 22.5. The number of hydrogen-bond acceptors (Lipinski definition) is 5. The summed E-state index contributed by atoms with van der Waals surface area (Å²) in [4.78, 5) is 40.5. The normalized spacial score (nSPS) is 17.3. The second-order valence-electron chi connectivity index (χ2n) is 8.91. The monoisotopic (exact) mass is 501 g/mol. The van der Waals surface area contributed by atoms with Crippen molar-refractivity contribution in [1.29, 1.82) is 0 Å². The Bertz CT molecular complexity index is 1110. The highest BCUT2D eigenvalue weighted by Gasteiger charge is 2.33. The van der Waals surface area contributed by atoms with Crippen LogP contribution in [-0.4, -0.2) is 69.9 Å². The smallest absolute Gasteiger partial charge is 0.410 e. The molecule has 2 aromatic rings. The molecule has 2 aliphatic heterocycles. The lowest BCUT2D eigenvalue weighted by Gasteiger charge is -2.37. The third kappa shape index (κ3) is 5.62. The number of likely N-dealkylation sites (tertiary alicyclic amines) is 1. The number of carboxylic acids is 1. The Hall–Kier alpha value is -3.46. The third-order valence-corrected chi connectivity index (χ3v) is 6.85. The van der Waals surface area contributed by atoms with E-state index < -0.39 is 18.2 Å². The Morgan fingerprint density at radius 1 is 1.20 bits per heavy atom. The molecule has 186 valence electrons. The van der Waals surface area contributed by atoms with Crippen molar-refractivity contribution in [3.05, 3.63) is 58.1 Å². The summed E-state index contributed by atoms with van der Waals surface area (Å²) in [5.41, 5.74) is 2.96. The van der Waals surface area contributed by atoms with Gasteiger partial charge in [0, 0.05) is 37.8 Å². The van der Waals surface area contributed by atoms with Crippen molar-refractivity contribution in [2.75, 3.05) is 25.0 Å². The molecule has 3 N–H and O–H groups in total. The zero-order valence-corrected chi connectivity index (χ0v) is 20.1. The molecular weight excluding hydrogens is 474 g/mol. The van der Waals surface area contributed by atoms with Crippen molar-refractivity contribution in [1.82, 2.24) is 9.80 Å². The van der Waals surface area contributed by atoms with Crippen LogP contribution in [-0.2, 0) is 22.4 Å². The number of aryl methyl sites for hydroxylation is 1. The summed E-state index contributed by atoms with van der Waals surface area (Å²) in [7, 11) is 0. The zero-order valence-electron chi connectivity index (χ0n) is 19.4. The van der Waals surface area contributed by atoms with Crippen molar-refractivity contribution in [3.63, 3.8) is 0 Å². The summed E-state index contributed by atoms with van der Waals surface area (Å²) in [5.74, 6) is -1.33. The molecule has 2 aliphatic rings. The maximum Gasteiger partial charge on any atom is 0.410 e. The van der Waals surface area contributed by atoms with Crippen LogP contribution in [0.3, 0.4) is 0 Å². The molecule has 10 heteroatoms. The molecule has 1 saturated heterocycles. The van der Waals surface area contributed by atoms with Crippen LogP contribution in [0.1, 0.15) is 29.5 Å². The first-order valence-electron chi connectivity index (χ1n) is 11.5. The Kier molecular flexibility index (Phi) is 7.35. The van der Waals surface area contributed by atoms with E-state index in [2.05, 4.69) is 5.32 Å². The first kappa shape index (κ1) is 24.7. The van der Waals surface area contributed by atoms with Gasteiger partial charge in [0.05, 0.1) is 5.02 Å². The molecule has 2 aromatic carbocycles. The van der Waals surface area contributed by atoms with Crippen molar-refractivity contribution >= 4 is 35.4 Å². The van der Waals surface area contributed by atoms with E-state index in [-0.39, 0.29) is 29.3 Å². The third-order valence-electron chi connectivity index (χ3n) is 6.56. The van der Waals surface area contributed by atoms with Gasteiger partial charge in [-0.2, -0.15) is 0 Å². The lowest BCUT2D eigenvalue weighted by Crippen LogP contribution is -2.50. The van der Waals surface area contributed by atoms with Crippen LogP contribution in [0.4, 0.5) is 15.3 Å². The minimum Gasteiger partial charge on any atom is -0.506 e. The average molecular weight is 502 g/mol. The molecule has 2 heterocycles. The van der Waals surface area contributed by atoms with Crippen molar-refractivity contribution < 1.29 is 29.3 Å². The Labute approximate surface area is 208 Å². The summed E-state index contributed by atoms with van der Waals surface area (Å²) < 4.78 is 5.32. The summed E-state index contributed by atoms with van der Waals surface area (Å²) >= 11 is 5.99. The molecule has 3 amide bonds. The van der Waals surface area contributed by atoms with Gasteiger partial charge in [0.2, 0.25) is 6.10 Å². The molecule has 1 fully saturated rings. The fraction of sp³-hybridized carbons (Fsp3) is 0.400.